The summed E-state index contributed by atoms with van der Waals surface area (Å²) < 4.78 is 60.8. The van der Waals surface area contributed by atoms with Crippen molar-refractivity contribution >= 4 is 19.2 Å². The van der Waals surface area contributed by atoms with Crippen LogP contribution in [0.5, 0.6) is 0 Å². The molecule has 0 aliphatic heterocycles. The fourth-order valence-electron chi connectivity index (χ4n) is 1.67. The highest BCUT2D eigenvalue weighted by Crippen LogP contribution is 2.59. The van der Waals surface area contributed by atoms with Crippen LogP contribution in [0.4, 0.5) is 13.2 Å². The minimum Gasteiger partial charge on any atom is -0.314 e. The zero-order chi connectivity index (χ0) is 16.3. The molecule has 120 valence electrons. The first-order valence-electron chi connectivity index (χ1n) is 6.16. The molecule has 21 heavy (non-hydrogen) atoms. The summed E-state index contributed by atoms with van der Waals surface area (Å²) in [5.41, 5.74) is 4.73. The lowest BCUT2D eigenvalue weighted by Gasteiger charge is -2.24. The van der Waals surface area contributed by atoms with Crippen LogP contribution in [0, 0.1) is 0 Å². The van der Waals surface area contributed by atoms with Gasteiger partial charge in [-0.2, -0.15) is 13.2 Å². The smallest absolute Gasteiger partial charge is 0.314 e. The third-order valence-electron chi connectivity index (χ3n) is 2.60. The zero-order valence-electron chi connectivity index (χ0n) is 11.5. The van der Waals surface area contributed by atoms with Gasteiger partial charge in [0.25, 0.3) is 0 Å². The van der Waals surface area contributed by atoms with Crippen LogP contribution in [-0.2, 0) is 19.8 Å². The molecule has 1 atom stereocenters. The van der Waals surface area contributed by atoms with Crippen LogP contribution in [0.3, 0.4) is 0 Å². The van der Waals surface area contributed by atoms with Gasteiger partial charge >= 0.3 is 13.8 Å². The van der Waals surface area contributed by atoms with Crippen LogP contribution in [0.1, 0.15) is 30.8 Å². The molecule has 2 N–H and O–H groups in total. The second-order valence-electron chi connectivity index (χ2n) is 4.05. The highest BCUT2D eigenvalue weighted by molar-refractivity contribution is 7.54. The van der Waals surface area contributed by atoms with E-state index in [9.17, 15) is 17.7 Å². The van der Waals surface area contributed by atoms with E-state index in [-0.39, 0.29) is 23.8 Å². The fourth-order valence-corrected chi connectivity index (χ4v) is 3.66. The second-order valence-corrected chi connectivity index (χ2v) is 6.61. The Morgan fingerprint density at radius 1 is 1.29 bits per heavy atom. The van der Waals surface area contributed by atoms with Gasteiger partial charge in [0.2, 0.25) is 0 Å². The quantitative estimate of drug-likeness (QED) is 0.766. The molecule has 0 aliphatic carbocycles. The molecular weight excluding hydrogens is 330 g/mol. The van der Waals surface area contributed by atoms with E-state index in [1.54, 1.807) is 13.8 Å². The van der Waals surface area contributed by atoms with E-state index in [0.717, 1.165) is 18.2 Å². The standard InChI is InChI=1S/C12H16ClF3NO3P/c1-3-19-21(18,20-4-2)11(17)9-7-8(12(14,15)16)5-6-10(9)13/h5-7,11H,3-4,17H2,1-2H3/t11-/m0/s1. The Morgan fingerprint density at radius 3 is 2.24 bits per heavy atom. The Balaban J connectivity index is 3.27. The van der Waals surface area contributed by atoms with Crippen LogP contribution in [0.15, 0.2) is 18.2 Å². The van der Waals surface area contributed by atoms with Gasteiger partial charge in [-0.15, -0.1) is 0 Å². The summed E-state index contributed by atoms with van der Waals surface area (Å²) in [4.78, 5) is 0. The lowest BCUT2D eigenvalue weighted by Crippen LogP contribution is -2.17. The summed E-state index contributed by atoms with van der Waals surface area (Å²) in [6.07, 6.45) is -4.56. The van der Waals surface area contributed by atoms with E-state index < -0.39 is 25.1 Å². The van der Waals surface area contributed by atoms with Gasteiger partial charge in [0.15, 0.2) is 0 Å². The number of halogens is 4. The molecule has 4 nitrogen and oxygen atoms in total. The monoisotopic (exact) mass is 345 g/mol. The third-order valence-corrected chi connectivity index (χ3v) is 5.14. The van der Waals surface area contributed by atoms with Crippen molar-refractivity contribution in [1.29, 1.82) is 0 Å². The number of hydrogen-bond acceptors (Lipinski definition) is 4. The number of hydrogen-bond donors (Lipinski definition) is 1. The minimum absolute atomic E-state index is 0.0323. The van der Waals surface area contributed by atoms with Crippen molar-refractivity contribution in [1.82, 2.24) is 0 Å². The molecule has 1 aromatic rings. The third kappa shape index (κ3) is 4.44. The Labute approximate surface area is 125 Å². The molecule has 9 heteroatoms. The van der Waals surface area contributed by atoms with Crippen LogP contribution >= 0.6 is 19.2 Å². The van der Waals surface area contributed by atoms with E-state index in [4.69, 9.17) is 26.4 Å². The van der Waals surface area contributed by atoms with Gasteiger partial charge in [-0.05, 0) is 32.0 Å². The summed E-state index contributed by atoms with van der Waals surface area (Å²) >= 11 is 5.87. The van der Waals surface area contributed by atoms with Gasteiger partial charge in [-0.25, -0.2) is 0 Å². The van der Waals surface area contributed by atoms with Crippen LogP contribution in [-0.4, -0.2) is 13.2 Å². The number of rotatable bonds is 6. The van der Waals surface area contributed by atoms with E-state index >= 15 is 0 Å². The second kappa shape index (κ2) is 7.11. The molecule has 0 amide bonds. The van der Waals surface area contributed by atoms with Crippen molar-refractivity contribution in [3.8, 4) is 0 Å². The Morgan fingerprint density at radius 2 is 1.81 bits per heavy atom. The first kappa shape index (κ1) is 18.5. The lowest BCUT2D eigenvalue weighted by atomic mass is 10.1. The largest absolute Gasteiger partial charge is 0.416 e. The molecule has 0 unspecified atom stereocenters. The Hall–Kier alpha value is -0.590. The van der Waals surface area contributed by atoms with Crippen molar-refractivity contribution in [3.63, 3.8) is 0 Å². The summed E-state index contributed by atoms with van der Waals surface area (Å²) in [7, 11) is -3.81. The maximum Gasteiger partial charge on any atom is 0.416 e. The molecule has 1 rings (SSSR count). The van der Waals surface area contributed by atoms with Crippen molar-refractivity contribution < 1.29 is 26.8 Å². The molecule has 0 aliphatic rings. The van der Waals surface area contributed by atoms with Gasteiger partial charge in [-0.1, -0.05) is 11.6 Å². The highest BCUT2D eigenvalue weighted by atomic mass is 35.5. The van der Waals surface area contributed by atoms with E-state index in [1.807, 2.05) is 0 Å². The van der Waals surface area contributed by atoms with Gasteiger partial charge in [0.05, 0.1) is 18.8 Å². The molecule has 0 aromatic heterocycles. The highest BCUT2D eigenvalue weighted by Gasteiger charge is 2.37. The average Bonchev–Trinajstić information content (AvgIpc) is 2.37. The summed E-state index contributed by atoms with van der Waals surface area (Å²) in [6, 6.07) is 2.64. The first-order valence-corrected chi connectivity index (χ1v) is 8.15. The first-order chi connectivity index (χ1) is 9.65. The predicted molar refractivity (Wildman–Crippen MR) is 74.2 cm³/mol. The predicted octanol–water partition coefficient (Wildman–Crippen LogP) is 4.58. The number of alkyl halides is 3. The lowest BCUT2D eigenvalue weighted by molar-refractivity contribution is -0.137. The number of benzene rings is 1. The normalized spacial score (nSPS) is 14.2. The molecule has 1 aromatic carbocycles. The van der Waals surface area contributed by atoms with Crippen LogP contribution in [0.25, 0.3) is 0 Å². The van der Waals surface area contributed by atoms with E-state index in [2.05, 4.69) is 0 Å². The molecule has 0 saturated carbocycles. The van der Waals surface area contributed by atoms with Gasteiger partial charge in [-0.3, -0.25) is 4.57 Å². The fraction of sp³-hybridized carbons (Fsp3) is 0.500. The van der Waals surface area contributed by atoms with Gasteiger partial charge in [0.1, 0.15) is 5.78 Å². The Kier molecular flexibility index (Phi) is 6.25. The zero-order valence-corrected chi connectivity index (χ0v) is 13.1. The topological polar surface area (TPSA) is 61.5 Å². The average molecular weight is 346 g/mol. The summed E-state index contributed by atoms with van der Waals surface area (Å²) in [5, 5.41) is -0.0323. The maximum atomic E-state index is 12.7. The van der Waals surface area contributed by atoms with Crippen molar-refractivity contribution in [2.45, 2.75) is 25.8 Å². The molecule has 0 heterocycles. The number of nitrogens with two attached hydrogens (primary N) is 1. The maximum absolute atomic E-state index is 12.7. The van der Waals surface area contributed by atoms with Crippen molar-refractivity contribution in [2.75, 3.05) is 13.2 Å². The van der Waals surface area contributed by atoms with Crippen LogP contribution < -0.4 is 5.73 Å². The van der Waals surface area contributed by atoms with Crippen molar-refractivity contribution in [3.05, 3.63) is 34.3 Å². The summed E-state index contributed by atoms with van der Waals surface area (Å²) in [6.45, 7) is 3.24. The molecule has 0 bridgehead atoms. The van der Waals surface area contributed by atoms with Crippen LogP contribution in [0.2, 0.25) is 5.02 Å². The van der Waals surface area contributed by atoms with E-state index in [1.165, 1.54) is 0 Å². The van der Waals surface area contributed by atoms with Gasteiger partial charge in [0, 0.05) is 10.6 Å². The molecular formula is C12H16ClF3NO3P. The molecule has 0 fully saturated rings. The Bertz CT molecular complexity index is 529. The minimum atomic E-state index is -4.56. The molecule has 0 saturated heterocycles. The molecule has 0 radical (unpaired) electrons. The SMILES string of the molecule is CCOP(=O)(OCC)[C@H](N)c1cc(C(F)(F)F)ccc1Cl. The summed E-state index contributed by atoms with van der Waals surface area (Å²) in [5.74, 6) is -1.40. The molecule has 0 spiro atoms. The van der Waals surface area contributed by atoms with E-state index in [0.29, 0.717) is 0 Å². The van der Waals surface area contributed by atoms with Crippen molar-refractivity contribution in [2.24, 2.45) is 5.73 Å². The van der Waals surface area contributed by atoms with Gasteiger partial charge < -0.3 is 14.8 Å².